The van der Waals surface area contributed by atoms with Gasteiger partial charge in [-0.05, 0) is 18.4 Å². The number of rotatable bonds is 13. The molecule has 0 aliphatic carbocycles. The van der Waals surface area contributed by atoms with Crippen LogP contribution in [0.15, 0.2) is 0 Å². The molecule has 0 heterocycles. The van der Waals surface area contributed by atoms with E-state index >= 15 is 0 Å². The maximum atomic E-state index is 12.3. The highest BCUT2D eigenvalue weighted by molar-refractivity contribution is 7.98. The molecule has 0 bridgehead atoms. The van der Waals surface area contributed by atoms with Crippen molar-refractivity contribution in [2.24, 2.45) is 11.5 Å². The fraction of sp³-hybridized carbons (Fsp3) is 0.643. The first-order valence-electron chi connectivity index (χ1n) is 7.86. The molecular formula is C14H25N5O6S2. The number of carbonyl (C=O) groups excluding carboxylic acids is 4. The lowest BCUT2D eigenvalue weighted by molar-refractivity contribution is -0.143. The lowest BCUT2D eigenvalue weighted by atomic mass is 10.1. The predicted molar refractivity (Wildman–Crippen MR) is 103 cm³/mol. The van der Waals surface area contributed by atoms with Crippen molar-refractivity contribution in [3.05, 3.63) is 0 Å². The number of amides is 4. The van der Waals surface area contributed by atoms with Gasteiger partial charge in [0.1, 0.15) is 12.1 Å². The smallest absolute Gasteiger partial charge is 0.326 e. The summed E-state index contributed by atoms with van der Waals surface area (Å²) in [4.78, 5) is 57.9. The molecule has 0 radical (unpaired) electrons. The van der Waals surface area contributed by atoms with Crippen molar-refractivity contribution in [3.63, 3.8) is 0 Å². The first-order chi connectivity index (χ1) is 12.6. The Kier molecular flexibility index (Phi) is 12.2. The van der Waals surface area contributed by atoms with Gasteiger partial charge in [-0.1, -0.05) is 0 Å². The van der Waals surface area contributed by atoms with E-state index in [1.165, 1.54) is 11.8 Å². The lowest BCUT2D eigenvalue weighted by Crippen LogP contribution is -2.54. The molecule has 3 unspecified atom stereocenters. The van der Waals surface area contributed by atoms with Gasteiger partial charge in [-0.15, -0.1) is 0 Å². The van der Waals surface area contributed by atoms with E-state index in [9.17, 15) is 24.0 Å². The van der Waals surface area contributed by atoms with E-state index in [1.807, 2.05) is 0 Å². The third-order valence-corrected chi connectivity index (χ3v) is 4.28. The number of aliphatic carboxylic acids is 1. The lowest BCUT2D eigenvalue weighted by Gasteiger charge is -2.21. The monoisotopic (exact) mass is 423 g/mol. The maximum absolute atomic E-state index is 12.3. The Labute approximate surface area is 166 Å². The normalized spacial score (nSPS) is 13.7. The minimum Gasteiger partial charge on any atom is -0.480 e. The van der Waals surface area contributed by atoms with Gasteiger partial charge in [0.25, 0.3) is 0 Å². The number of thioether (sulfide) groups is 1. The maximum Gasteiger partial charge on any atom is 0.326 e. The molecule has 0 aromatic rings. The Morgan fingerprint density at radius 3 is 2.22 bits per heavy atom. The molecule has 0 spiro atoms. The molecule has 0 saturated carbocycles. The zero-order valence-corrected chi connectivity index (χ0v) is 16.5. The van der Waals surface area contributed by atoms with Crippen molar-refractivity contribution in [2.45, 2.75) is 31.0 Å². The highest BCUT2D eigenvalue weighted by Crippen LogP contribution is 2.03. The number of carboxylic acid groups (broad SMARTS) is 1. The van der Waals surface area contributed by atoms with E-state index < -0.39 is 60.7 Å². The number of hydrogen-bond acceptors (Lipinski definition) is 8. The van der Waals surface area contributed by atoms with E-state index in [4.69, 9.17) is 16.6 Å². The first-order valence-corrected chi connectivity index (χ1v) is 9.88. The average Bonchev–Trinajstić information content (AvgIpc) is 2.61. The molecule has 27 heavy (non-hydrogen) atoms. The second-order valence-electron chi connectivity index (χ2n) is 5.48. The first kappa shape index (κ1) is 25.0. The molecule has 0 aromatic carbocycles. The van der Waals surface area contributed by atoms with Gasteiger partial charge in [-0.3, -0.25) is 19.2 Å². The summed E-state index contributed by atoms with van der Waals surface area (Å²) in [5.74, 6) is -3.72. The van der Waals surface area contributed by atoms with Gasteiger partial charge in [0.15, 0.2) is 0 Å². The number of nitrogens with one attached hydrogen (secondary N) is 3. The summed E-state index contributed by atoms with van der Waals surface area (Å²) in [6.45, 7) is -0.410. The molecule has 11 nitrogen and oxygen atoms in total. The van der Waals surface area contributed by atoms with Gasteiger partial charge in [0.2, 0.25) is 23.6 Å². The Bertz CT molecular complexity index is 562. The third-order valence-electron chi connectivity index (χ3n) is 3.24. The van der Waals surface area contributed by atoms with Gasteiger partial charge in [0, 0.05) is 5.75 Å². The van der Waals surface area contributed by atoms with Crippen LogP contribution in [0.5, 0.6) is 0 Å². The quantitative estimate of drug-likeness (QED) is 0.153. The van der Waals surface area contributed by atoms with E-state index in [0.29, 0.717) is 5.75 Å². The van der Waals surface area contributed by atoms with Crippen LogP contribution in [0.3, 0.4) is 0 Å². The average molecular weight is 424 g/mol. The number of carboxylic acids is 1. The molecule has 0 rings (SSSR count). The van der Waals surface area contributed by atoms with Crippen LogP contribution in [0.25, 0.3) is 0 Å². The van der Waals surface area contributed by atoms with Crippen LogP contribution in [0, 0.1) is 0 Å². The summed E-state index contributed by atoms with van der Waals surface area (Å²) < 4.78 is 0. The van der Waals surface area contributed by atoms with Gasteiger partial charge < -0.3 is 32.5 Å². The summed E-state index contributed by atoms with van der Waals surface area (Å²) in [7, 11) is 0. The molecular weight excluding hydrogens is 398 g/mol. The van der Waals surface area contributed by atoms with Gasteiger partial charge in [-0.25, -0.2) is 4.79 Å². The SMILES string of the molecule is CSCCC(NC(=O)CNC(=O)C(N)CS)C(=O)NC(CC(N)=O)C(=O)O. The highest BCUT2D eigenvalue weighted by atomic mass is 32.2. The van der Waals surface area contributed by atoms with Crippen LogP contribution in [0.4, 0.5) is 0 Å². The van der Waals surface area contributed by atoms with Crippen LogP contribution in [-0.2, 0) is 24.0 Å². The van der Waals surface area contributed by atoms with Crippen molar-refractivity contribution in [1.82, 2.24) is 16.0 Å². The van der Waals surface area contributed by atoms with Crippen molar-refractivity contribution < 1.29 is 29.1 Å². The van der Waals surface area contributed by atoms with E-state index in [2.05, 4.69) is 28.6 Å². The van der Waals surface area contributed by atoms with Crippen molar-refractivity contribution >= 4 is 54.0 Å². The van der Waals surface area contributed by atoms with Crippen molar-refractivity contribution in [3.8, 4) is 0 Å². The summed E-state index contributed by atoms with van der Waals surface area (Å²) in [5, 5.41) is 15.9. The summed E-state index contributed by atoms with van der Waals surface area (Å²) in [6.07, 6.45) is 1.43. The number of thiol groups is 1. The van der Waals surface area contributed by atoms with Crippen LogP contribution >= 0.6 is 24.4 Å². The van der Waals surface area contributed by atoms with Gasteiger partial charge >= 0.3 is 5.97 Å². The number of nitrogens with two attached hydrogens (primary N) is 2. The molecule has 3 atom stereocenters. The van der Waals surface area contributed by atoms with E-state index in [0.717, 1.165) is 0 Å². The second kappa shape index (κ2) is 13.2. The zero-order chi connectivity index (χ0) is 21.0. The molecule has 154 valence electrons. The third kappa shape index (κ3) is 10.7. The zero-order valence-electron chi connectivity index (χ0n) is 14.8. The molecule has 0 aromatic heterocycles. The van der Waals surface area contributed by atoms with Crippen LogP contribution < -0.4 is 27.4 Å². The number of carbonyl (C=O) groups is 5. The Morgan fingerprint density at radius 1 is 1.11 bits per heavy atom. The molecule has 8 N–H and O–H groups in total. The standard InChI is InChI=1S/C14H25N5O6S2/c1-27-3-2-8(13(23)19-9(14(24)25)4-10(16)20)18-11(21)5-17-12(22)7(15)6-26/h7-9,26H,2-6,15H2,1H3,(H2,16,20)(H,17,22)(H,18,21)(H,19,23)(H,24,25). The number of primary amides is 1. The fourth-order valence-electron chi connectivity index (χ4n) is 1.80. The molecule has 13 heteroatoms. The number of hydrogen-bond donors (Lipinski definition) is 7. The Morgan fingerprint density at radius 2 is 1.74 bits per heavy atom. The molecule has 0 fully saturated rings. The molecule has 4 amide bonds. The summed E-state index contributed by atoms with van der Waals surface area (Å²) in [5.41, 5.74) is 10.4. The largest absolute Gasteiger partial charge is 0.480 e. The summed E-state index contributed by atoms with van der Waals surface area (Å²) in [6, 6.07) is -3.42. The van der Waals surface area contributed by atoms with Gasteiger partial charge in [0.05, 0.1) is 19.0 Å². The van der Waals surface area contributed by atoms with Crippen LogP contribution in [0.1, 0.15) is 12.8 Å². The topological polar surface area (TPSA) is 194 Å². The fourth-order valence-corrected chi connectivity index (χ4v) is 2.44. The molecule has 0 aliphatic heterocycles. The predicted octanol–water partition coefficient (Wildman–Crippen LogP) is -2.96. The molecule has 0 saturated heterocycles. The molecule has 0 aliphatic rings. The Balaban J connectivity index is 4.86. The van der Waals surface area contributed by atoms with Crippen molar-refractivity contribution in [1.29, 1.82) is 0 Å². The summed E-state index contributed by atoms with van der Waals surface area (Å²) >= 11 is 5.29. The van der Waals surface area contributed by atoms with Crippen LogP contribution in [-0.4, -0.2) is 77.1 Å². The van der Waals surface area contributed by atoms with Crippen molar-refractivity contribution in [2.75, 3.05) is 24.3 Å². The second-order valence-corrected chi connectivity index (χ2v) is 6.83. The van der Waals surface area contributed by atoms with Gasteiger partial charge in [-0.2, -0.15) is 24.4 Å². The minimum atomic E-state index is -1.50. The highest BCUT2D eigenvalue weighted by Gasteiger charge is 2.27. The minimum absolute atomic E-state index is 0.0998. The van der Waals surface area contributed by atoms with Crippen LogP contribution in [0.2, 0.25) is 0 Å². The van der Waals surface area contributed by atoms with E-state index in [1.54, 1.807) is 6.26 Å². The Hall–Kier alpha value is -1.99. The van der Waals surface area contributed by atoms with E-state index in [-0.39, 0.29) is 12.2 Å².